The van der Waals surface area contributed by atoms with Crippen LogP contribution in [0.15, 0.2) is 83.1 Å². The van der Waals surface area contributed by atoms with Gasteiger partial charge >= 0.3 is 0 Å². The van der Waals surface area contributed by atoms with Gasteiger partial charge in [0.15, 0.2) is 5.82 Å². The quantitative estimate of drug-likeness (QED) is 0.296. The Balaban J connectivity index is 1.34. The molecule has 1 aromatic heterocycles. The highest BCUT2D eigenvalue weighted by Crippen LogP contribution is 2.35. The van der Waals surface area contributed by atoms with Gasteiger partial charge in [-0.2, -0.15) is 5.10 Å². The minimum Gasteiger partial charge on any atom is -0.497 e. The first-order chi connectivity index (χ1) is 18.1. The van der Waals surface area contributed by atoms with Gasteiger partial charge < -0.3 is 9.47 Å². The molecule has 1 atom stereocenters. The van der Waals surface area contributed by atoms with Crippen molar-refractivity contribution in [1.29, 1.82) is 0 Å². The van der Waals surface area contributed by atoms with Crippen molar-refractivity contribution in [2.75, 3.05) is 20.0 Å². The molecule has 5 rings (SSSR count). The fraction of sp³-hybridized carbons (Fsp3) is 0.185. The van der Waals surface area contributed by atoms with Gasteiger partial charge in [0.25, 0.3) is 5.91 Å². The molecule has 0 unspecified atom stereocenters. The zero-order valence-corrected chi connectivity index (χ0v) is 21.8. The molecule has 0 saturated heterocycles. The lowest BCUT2D eigenvalue weighted by molar-refractivity contribution is -0.130. The van der Waals surface area contributed by atoms with Crippen molar-refractivity contribution in [3.8, 4) is 22.9 Å². The van der Waals surface area contributed by atoms with Crippen molar-refractivity contribution in [2.24, 2.45) is 5.10 Å². The molecular weight excluding hydrogens is 510 g/mol. The minimum atomic E-state index is -0.215. The van der Waals surface area contributed by atoms with E-state index < -0.39 is 0 Å². The third-order valence-corrected chi connectivity index (χ3v) is 7.05. The Labute approximate surface area is 223 Å². The lowest BCUT2D eigenvalue weighted by Crippen LogP contribution is -2.28. The number of nitrogens with zero attached hydrogens (tertiary/aromatic N) is 4. The molecule has 0 bridgehead atoms. The van der Waals surface area contributed by atoms with Crippen LogP contribution in [0.4, 0.5) is 0 Å². The number of aromatic nitrogens is 3. The molecule has 1 aliphatic rings. The lowest BCUT2D eigenvalue weighted by Gasteiger charge is -2.22. The third-order valence-electron chi connectivity index (χ3n) is 5.98. The van der Waals surface area contributed by atoms with Crippen LogP contribution in [-0.2, 0) is 4.79 Å². The standard InChI is InChI=1S/C27H24ClN5O3S/c1-35-20-11-8-18(9-12-20)23-15-22(17-6-4-3-5-7-17)32-33(23)25(34)16-37-27-29-26(30-31-27)21-14-19(28)10-13-24(21)36-2/h3-14,23H,15-16H2,1-2H3,(H,29,30,31)/t23-/m1/s1. The molecule has 0 aliphatic carbocycles. The third kappa shape index (κ3) is 5.47. The normalized spacial score (nSPS) is 14.9. The minimum absolute atomic E-state index is 0.127. The molecule has 1 amide bonds. The number of aromatic amines is 1. The summed E-state index contributed by atoms with van der Waals surface area (Å²) in [5, 5.41) is 14.5. The van der Waals surface area contributed by atoms with Crippen molar-refractivity contribution in [3.63, 3.8) is 0 Å². The maximum absolute atomic E-state index is 13.4. The maximum atomic E-state index is 13.4. The molecule has 8 nitrogen and oxygen atoms in total. The number of halogens is 1. The molecule has 0 radical (unpaired) electrons. The van der Waals surface area contributed by atoms with Crippen LogP contribution in [0.1, 0.15) is 23.6 Å². The first-order valence-electron chi connectivity index (χ1n) is 11.5. The number of ether oxygens (including phenoxy) is 2. The fourth-order valence-electron chi connectivity index (χ4n) is 4.12. The molecule has 1 N–H and O–H groups in total. The summed E-state index contributed by atoms with van der Waals surface area (Å²) < 4.78 is 10.7. The molecule has 0 spiro atoms. The van der Waals surface area contributed by atoms with E-state index in [0.717, 1.165) is 22.6 Å². The van der Waals surface area contributed by atoms with Crippen LogP contribution < -0.4 is 9.47 Å². The van der Waals surface area contributed by atoms with E-state index in [9.17, 15) is 4.79 Å². The Kier molecular flexibility index (Phi) is 7.43. The Bertz CT molecular complexity index is 1430. The van der Waals surface area contributed by atoms with Crippen LogP contribution in [0.25, 0.3) is 11.4 Å². The summed E-state index contributed by atoms with van der Waals surface area (Å²) in [5.74, 6) is 1.88. The molecule has 0 saturated carbocycles. The summed E-state index contributed by atoms with van der Waals surface area (Å²) in [5.41, 5.74) is 3.55. The zero-order valence-electron chi connectivity index (χ0n) is 20.2. The van der Waals surface area contributed by atoms with E-state index >= 15 is 0 Å². The van der Waals surface area contributed by atoms with E-state index in [1.54, 1.807) is 37.4 Å². The van der Waals surface area contributed by atoms with Crippen molar-refractivity contribution in [2.45, 2.75) is 17.6 Å². The van der Waals surface area contributed by atoms with Crippen molar-refractivity contribution >= 4 is 35.0 Å². The van der Waals surface area contributed by atoms with E-state index in [2.05, 4.69) is 15.2 Å². The second-order valence-corrected chi connectivity index (χ2v) is 9.62. The summed E-state index contributed by atoms with van der Waals surface area (Å²) in [6, 6.07) is 22.7. The van der Waals surface area contributed by atoms with Crippen molar-refractivity contribution < 1.29 is 14.3 Å². The van der Waals surface area contributed by atoms with Gasteiger partial charge in [0.2, 0.25) is 5.16 Å². The highest BCUT2D eigenvalue weighted by molar-refractivity contribution is 7.99. The SMILES string of the molecule is COc1ccc([C@H]2CC(c3ccccc3)=NN2C(=O)CSc2n[nH]c(-c3cc(Cl)ccc3OC)n2)cc1. The van der Waals surface area contributed by atoms with E-state index in [4.69, 9.17) is 26.2 Å². The number of amides is 1. The number of rotatable bonds is 8. The maximum Gasteiger partial charge on any atom is 0.253 e. The van der Waals surface area contributed by atoms with Gasteiger partial charge in [-0.05, 0) is 41.5 Å². The summed E-state index contributed by atoms with van der Waals surface area (Å²) in [7, 11) is 3.21. The summed E-state index contributed by atoms with van der Waals surface area (Å²) in [6.07, 6.45) is 0.617. The van der Waals surface area contributed by atoms with Gasteiger partial charge in [-0.1, -0.05) is 65.8 Å². The monoisotopic (exact) mass is 533 g/mol. The first kappa shape index (κ1) is 24.9. The van der Waals surface area contributed by atoms with Crippen LogP contribution in [-0.4, -0.2) is 51.8 Å². The van der Waals surface area contributed by atoms with E-state index in [0.29, 0.717) is 33.7 Å². The van der Waals surface area contributed by atoms with Crippen LogP contribution in [0, 0.1) is 0 Å². The number of hydrazone groups is 1. The molecule has 37 heavy (non-hydrogen) atoms. The lowest BCUT2D eigenvalue weighted by atomic mass is 9.98. The van der Waals surface area contributed by atoms with Gasteiger partial charge in [0, 0.05) is 11.4 Å². The number of methoxy groups -OCH3 is 2. The van der Waals surface area contributed by atoms with E-state index in [1.165, 1.54) is 11.8 Å². The first-order valence-corrected chi connectivity index (χ1v) is 12.9. The van der Waals surface area contributed by atoms with Gasteiger partial charge in [0.1, 0.15) is 11.5 Å². The predicted octanol–water partition coefficient (Wildman–Crippen LogP) is 5.61. The molecule has 188 valence electrons. The predicted molar refractivity (Wildman–Crippen MR) is 144 cm³/mol. The number of hydrogen-bond acceptors (Lipinski definition) is 7. The smallest absolute Gasteiger partial charge is 0.253 e. The molecule has 4 aromatic rings. The molecular formula is C27H24ClN5O3S. The largest absolute Gasteiger partial charge is 0.497 e. The highest BCUT2D eigenvalue weighted by atomic mass is 35.5. The molecule has 0 fully saturated rings. The highest BCUT2D eigenvalue weighted by Gasteiger charge is 2.33. The zero-order chi connectivity index (χ0) is 25.8. The van der Waals surface area contributed by atoms with Gasteiger partial charge in [-0.15, -0.1) is 5.10 Å². The summed E-state index contributed by atoms with van der Waals surface area (Å²) in [6.45, 7) is 0. The summed E-state index contributed by atoms with van der Waals surface area (Å²) >= 11 is 7.39. The number of benzene rings is 3. The second-order valence-electron chi connectivity index (χ2n) is 8.24. The number of hydrogen-bond donors (Lipinski definition) is 1. The molecule has 1 aliphatic heterocycles. The Morgan fingerprint density at radius 2 is 1.86 bits per heavy atom. The number of H-pyrrole nitrogens is 1. The second kappa shape index (κ2) is 11.1. The van der Waals surface area contributed by atoms with Crippen LogP contribution in [0.3, 0.4) is 0 Å². The molecule has 10 heteroatoms. The van der Waals surface area contributed by atoms with Crippen molar-refractivity contribution in [1.82, 2.24) is 20.2 Å². The van der Waals surface area contributed by atoms with E-state index in [-0.39, 0.29) is 17.7 Å². The average molecular weight is 534 g/mol. The van der Waals surface area contributed by atoms with Gasteiger partial charge in [-0.25, -0.2) is 9.99 Å². The number of nitrogens with one attached hydrogen (secondary N) is 1. The van der Waals surface area contributed by atoms with Gasteiger partial charge in [0.05, 0.1) is 37.3 Å². The Hall–Kier alpha value is -3.82. The Morgan fingerprint density at radius 3 is 2.59 bits per heavy atom. The average Bonchev–Trinajstić information content (AvgIpc) is 3.60. The van der Waals surface area contributed by atoms with Crippen molar-refractivity contribution in [3.05, 3.63) is 88.9 Å². The number of carbonyl (C=O) groups is 1. The topological polar surface area (TPSA) is 92.7 Å². The fourth-order valence-corrected chi connectivity index (χ4v) is 4.94. The van der Waals surface area contributed by atoms with Gasteiger partial charge in [-0.3, -0.25) is 9.89 Å². The van der Waals surface area contributed by atoms with Crippen LogP contribution in [0.5, 0.6) is 11.5 Å². The van der Waals surface area contributed by atoms with Crippen LogP contribution >= 0.6 is 23.4 Å². The Morgan fingerprint density at radius 1 is 1.08 bits per heavy atom. The number of thioether (sulfide) groups is 1. The van der Waals surface area contributed by atoms with E-state index in [1.807, 2.05) is 54.6 Å². The molecule has 2 heterocycles. The summed E-state index contributed by atoms with van der Waals surface area (Å²) in [4.78, 5) is 17.9. The number of carbonyl (C=O) groups excluding carboxylic acids is 1. The van der Waals surface area contributed by atoms with Crippen LogP contribution in [0.2, 0.25) is 5.02 Å². The molecule has 3 aromatic carbocycles.